The van der Waals surface area contributed by atoms with Gasteiger partial charge in [-0.2, -0.15) is 0 Å². The molecule has 2 aromatic carbocycles. The lowest BCUT2D eigenvalue weighted by Crippen LogP contribution is -2.24. The van der Waals surface area contributed by atoms with Gasteiger partial charge in [-0.15, -0.1) is 0 Å². The number of benzene rings is 2. The number of unbranched alkanes of at least 4 members (excludes halogenated alkanes) is 8. The molecule has 0 radical (unpaired) electrons. The number of ether oxygens (including phenoxy) is 2. The van der Waals surface area contributed by atoms with Crippen LogP contribution < -0.4 is 4.74 Å². The van der Waals surface area contributed by atoms with Crippen molar-refractivity contribution in [2.45, 2.75) is 102 Å². The van der Waals surface area contributed by atoms with Gasteiger partial charge in [-0.3, -0.25) is 0 Å². The molecule has 0 N–H and O–H groups in total. The number of rotatable bonds is 14. The predicted octanol–water partition coefficient (Wildman–Crippen LogP) is 8.94. The molecule has 0 amide bonds. The van der Waals surface area contributed by atoms with Crippen LogP contribution in [-0.2, 0) is 4.74 Å². The maximum atomic E-state index is 5.97. The van der Waals surface area contributed by atoms with Crippen molar-refractivity contribution >= 4 is 0 Å². The van der Waals surface area contributed by atoms with Crippen LogP contribution in [0.4, 0.5) is 0 Å². The van der Waals surface area contributed by atoms with Crippen molar-refractivity contribution in [2.24, 2.45) is 0 Å². The minimum atomic E-state index is 0.372. The Kier molecular flexibility index (Phi) is 11.2. The van der Waals surface area contributed by atoms with Crippen LogP contribution in [0.5, 0.6) is 5.75 Å². The highest BCUT2D eigenvalue weighted by Crippen LogP contribution is 2.35. The molecular weight excluding hydrogens is 392 g/mol. The van der Waals surface area contributed by atoms with E-state index in [1.807, 2.05) is 7.11 Å². The summed E-state index contributed by atoms with van der Waals surface area (Å²) in [4.78, 5) is 0. The van der Waals surface area contributed by atoms with Gasteiger partial charge in [0.05, 0.1) is 12.7 Å². The molecule has 32 heavy (non-hydrogen) atoms. The van der Waals surface area contributed by atoms with E-state index in [1.54, 1.807) is 0 Å². The standard InChI is InChI=1S/C30H44O2/c1-3-4-5-6-7-8-9-10-13-24-32-28-22-20-26(21-23-28)25-16-18-27(19-17-25)29-14-11-12-15-30(29)31-2/h16-23,29-30H,3-15,24H2,1-2H3/t29-,30+/m1/s1. The molecule has 1 aliphatic carbocycles. The minimum absolute atomic E-state index is 0.372. The first-order chi connectivity index (χ1) is 15.8. The third kappa shape index (κ3) is 7.96. The summed E-state index contributed by atoms with van der Waals surface area (Å²) in [5.74, 6) is 1.52. The van der Waals surface area contributed by atoms with Crippen molar-refractivity contribution in [3.63, 3.8) is 0 Å². The fraction of sp³-hybridized carbons (Fsp3) is 0.600. The van der Waals surface area contributed by atoms with Gasteiger partial charge in [0.15, 0.2) is 0 Å². The fourth-order valence-corrected chi connectivity index (χ4v) is 5.03. The van der Waals surface area contributed by atoms with Crippen molar-refractivity contribution in [1.29, 1.82) is 0 Å². The quantitative estimate of drug-likeness (QED) is 0.275. The van der Waals surface area contributed by atoms with E-state index in [2.05, 4.69) is 55.5 Å². The zero-order chi connectivity index (χ0) is 22.4. The molecule has 1 aliphatic rings. The first kappa shape index (κ1) is 24.8. The molecule has 2 nitrogen and oxygen atoms in total. The van der Waals surface area contributed by atoms with Gasteiger partial charge in [-0.05, 0) is 48.1 Å². The highest BCUT2D eigenvalue weighted by molar-refractivity contribution is 5.64. The van der Waals surface area contributed by atoms with Crippen molar-refractivity contribution in [3.05, 3.63) is 54.1 Å². The van der Waals surface area contributed by atoms with E-state index in [9.17, 15) is 0 Å². The second-order valence-electron chi connectivity index (χ2n) is 9.49. The van der Waals surface area contributed by atoms with Crippen molar-refractivity contribution < 1.29 is 9.47 Å². The van der Waals surface area contributed by atoms with E-state index in [-0.39, 0.29) is 0 Å². The third-order valence-electron chi connectivity index (χ3n) is 7.05. The van der Waals surface area contributed by atoms with E-state index >= 15 is 0 Å². The summed E-state index contributed by atoms with van der Waals surface area (Å²) >= 11 is 0. The largest absolute Gasteiger partial charge is 0.494 e. The van der Waals surface area contributed by atoms with Crippen molar-refractivity contribution in [1.82, 2.24) is 0 Å². The highest BCUT2D eigenvalue weighted by Gasteiger charge is 2.26. The Morgan fingerprint density at radius 1 is 0.688 bits per heavy atom. The lowest BCUT2D eigenvalue weighted by Gasteiger charge is -2.30. The number of hydrogen-bond acceptors (Lipinski definition) is 2. The van der Waals surface area contributed by atoms with Gasteiger partial charge in [-0.1, -0.05) is 108 Å². The Morgan fingerprint density at radius 3 is 1.88 bits per heavy atom. The van der Waals surface area contributed by atoms with Crippen LogP contribution in [-0.4, -0.2) is 19.8 Å². The van der Waals surface area contributed by atoms with Gasteiger partial charge in [0.2, 0.25) is 0 Å². The minimum Gasteiger partial charge on any atom is -0.494 e. The number of hydrogen-bond donors (Lipinski definition) is 0. The normalized spacial score (nSPS) is 18.6. The van der Waals surface area contributed by atoms with Crippen LogP contribution in [0.1, 0.15) is 102 Å². The monoisotopic (exact) mass is 436 g/mol. The summed E-state index contributed by atoms with van der Waals surface area (Å²) in [6.07, 6.45) is 17.5. The van der Waals surface area contributed by atoms with Crippen LogP contribution >= 0.6 is 0 Å². The molecule has 176 valence electrons. The molecule has 1 fully saturated rings. The molecule has 1 saturated carbocycles. The molecule has 3 rings (SSSR count). The average molecular weight is 437 g/mol. The first-order valence-electron chi connectivity index (χ1n) is 13.2. The SMILES string of the molecule is CCCCCCCCCCCOc1ccc(-c2ccc([C@H]3CCCC[C@@H]3OC)cc2)cc1. The Labute approximate surface area is 196 Å². The van der Waals surface area contributed by atoms with Crippen LogP contribution in [0.25, 0.3) is 11.1 Å². The van der Waals surface area contributed by atoms with Crippen molar-refractivity contribution in [2.75, 3.05) is 13.7 Å². The maximum absolute atomic E-state index is 5.97. The average Bonchev–Trinajstić information content (AvgIpc) is 2.85. The van der Waals surface area contributed by atoms with Crippen LogP contribution in [0.2, 0.25) is 0 Å². The van der Waals surface area contributed by atoms with Crippen molar-refractivity contribution in [3.8, 4) is 16.9 Å². The van der Waals surface area contributed by atoms with Gasteiger partial charge in [0.1, 0.15) is 5.75 Å². The van der Waals surface area contributed by atoms with Crippen LogP contribution in [0, 0.1) is 0 Å². The van der Waals surface area contributed by atoms with E-state index in [1.165, 1.54) is 93.7 Å². The predicted molar refractivity (Wildman–Crippen MR) is 137 cm³/mol. The topological polar surface area (TPSA) is 18.5 Å². The summed E-state index contributed by atoms with van der Waals surface area (Å²) < 4.78 is 11.7. The molecule has 0 aliphatic heterocycles. The molecule has 0 spiro atoms. The van der Waals surface area contributed by atoms with Gasteiger partial charge in [0, 0.05) is 13.0 Å². The summed E-state index contributed by atoms with van der Waals surface area (Å²) in [5.41, 5.74) is 3.93. The maximum Gasteiger partial charge on any atom is 0.119 e. The smallest absolute Gasteiger partial charge is 0.119 e. The molecule has 0 bridgehead atoms. The van der Waals surface area contributed by atoms with Gasteiger partial charge < -0.3 is 9.47 Å². The Balaban J connectivity index is 1.38. The fourth-order valence-electron chi connectivity index (χ4n) is 5.03. The number of methoxy groups -OCH3 is 1. The molecule has 0 aromatic heterocycles. The Bertz CT molecular complexity index is 734. The Hall–Kier alpha value is -1.80. The summed E-state index contributed by atoms with van der Waals surface area (Å²) in [5, 5.41) is 0. The zero-order valence-corrected chi connectivity index (χ0v) is 20.5. The van der Waals surface area contributed by atoms with Crippen LogP contribution in [0.15, 0.2) is 48.5 Å². The third-order valence-corrected chi connectivity index (χ3v) is 7.05. The van der Waals surface area contributed by atoms with Gasteiger partial charge in [-0.25, -0.2) is 0 Å². The van der Waals surface area contributed by atoms with E-state index < -0.39 is 0 Å². The molecule has 2 atom stereocenters. The molecule has 0 unspecified atom stereocenters. The highest BCUT2D eigenvalue weighted by atomic mass is 16.5. The zero-order valence-electron chi connectivity index (χ0n) is 20.5. The second kappa shape index (κ2) is 14.4. The van der Waals surface area contributed by atoms with Crippen LogP contribution in [0.3, 0.4) is 0 Å². The molecule has 2 aromatic rings. The Morgan fingerprint density at radius 2 is 1.25 bits per heavy atom. The van der Waals surface area contributed by atoms with Gasteiger partial charge >= 0.3 is 0 Å². The lowest BCUT2D eigenvalue weighted by molar-refractivity contribution is 0.0523. The van der Waals surface area contributed by atoms with E-state index in [0.29, 0.717) is 12.0 Å². The second-order valence-corrected chi connectivity index (χ2v) is 9.49. The van der Waals surface area contributed by atoms with E-state index in [4.69, 9.17) is 9.47 Å². The summed E-state index contributed by atoms with van der Waals surface area (Å²) in [6, 6.07) is 17.7. The van der Waals surface area contributed by atoms with E-state index in [0.717, 1.165) is 18.8 Å². The summed E-state index contributed by atoms with van der Waals surface area (Å²) in [7, 11) is 1.86. The lowest BCUT2D eigenvalue weighted by atomic mass is 9.81. The molecule has 2 heteroatoms. The molecule has 0 heterocycles. The van der Waals surface area contributed by atoms with Gasteiger partial charge in [0.25, 0.3) is 0 Å². The molecule has 0 saturated heterocycles. The first-order valence-corrected chi connectivity index (χ1v) is 13.2. The summed E-state index contributed by atoms with van der Waals surface area (Å²) in [6.45, 7) is 3.10. The molecular formula is C30H44O2.